The number of benzene rings is 1. The summed E-state index contributed by atoms with van der Waals surface area (Å²) in [7, 11) is -2.81. The molecule has 1 aromatic rings. The van der Waals surface area contributed by atoms with Crippen molar-refractivity contribution in [3.8, 4) is 0 Å². The molecule has 1 rings (SSSR count). The van der Waals surface area contributed by atoms with Crippen LogP contribution in [0.1, 0.15) is 26.2 Å². The van der Waals surface area contributed by atoms with E-state index < -0.39 is 34.5 Å². The van der Waals surface area contributed by atoms with Gasteiger partial charge >= 0.3 is 5.97 Å². The molecule has 0 aliphatic carbocycles. The second-order valence-corrected chi connectivity index (χ2v) is 7.76. The zero-order valence-electron chi connectivity index (χ0n) is 13.8. The lowest BCUT2D eigenvalue weighted by Crippen LogP contribution is -2.45. The Hall–Kier alpha value is -1.35. The lowest BCUT2D eigenvalue weighted by molar-refractivity contribution is -0.145. The molecule has 0 fully saturated rings. The maximum Gasteiger partial charge on any atom is 0.328 e. The molecular formula is C15H20Cl2N2O5S. The lowest BCUT2D eigenvalue weighted by Gasteiger charge is -2.16. The fourth-order valence-electron chi connectivity index (χ4n) is 1.97. The summed E-state index contributed by atoms with van der Waals surface area (Å²) < 4.78 is 31.2. The van der Waals surface area contributed by atoms with Crippen LogP contribution in [0.2, 0.25) is 10.0 Å². The van der Waals surface area contributed by atoms with Gasteiger partial charge in [-0.2, -0.15) is 0 Å². The third kappa shape index (κ3) is 6.81. The molecule has 2 N–H and O–H groups in total. The van der Waals surface area contributed by atoms with Crippen LogP contribution in [-0.4, -0.2) is 40.0 Å². The number of hydrogen-bond donors (Lipinski definition) is 2. The van der Waals surface area contributed by atoms with E-state index in [1.54, 1.807) is 0 Å². The smallest absolute Gasteiger partial charge is 0.328 e. The number of halogens is 2. The number of esters is 1. The lowest BCUT2D eigenvalue weighted by atomic mass is 10.1. The zero-order valence-corrected chi connectivity index (χ0v) is 16.2. The highest BCUT2D eigenvalue weighted by molar-refractivity contribution is 7.89. The molecule has 0 saturated carbocycles. The van der Waals surface area contributed by atoms with Crippen molar-refractivity contribution in [2.24, 2.45) is 0 Å². The first-order chi connectivity index (χ1) is 11.7. The van der Waals surface area contributed by atoms with Crippen molar-refractivity contribution < 1.29 is 22.7 Å². The van der Waals surface area contributed by atoms with Gasteiger partial charge in [0.15, 0.2) is 0 Å². The molecule has 0 aromatic heterocycles. The van der Waals surface area contributed by atoms with E-state index in [4.69, 9.17) is 23.2 Å². The van der Waals surface area contributed by atoms with Gasteiger partial charge < -0.3 is 10.1 Å². The Morgan fingerprint density at radius 3 is 2.56 bits per heavy atom. The van der Waals surface area contributed by atoms with Crippen LogP contribution in [0.3, 0.4) is 0 Å². The van der Waals surface area contributed by atoms with Gasteiger partial charge in [0.2, 0.25) is 15.9 Å². The van der Waals surface area contributed by atoms with E-state index in [2.05, 4.69) is 14.8 Å². The Morgan fingerprint density at radius 1 is 1.28 bits per heavy atom. The molecule has 1 atom stereocenters. The molecule has 0 spiro atoms. The predicted molar refractivity (Wildman–Crippen MR) is 95.1 cm³/mol. The summed E-state index contributed by atoms with van der Waals surface area (Å²) in [5.74, 6) is -1.24. The van der Waals surface area contributed by atoms with Crippen molar-refractivity contribution >= 4 is 45.1 Å². The summed E-state index contributed by atoms with van der Waals surface area (Å²) in [6.07, 6.45) is 1.95. The summed E-state index contributed by atoms with van der Waals surface area (Å²) in [6, 6.07) is 3.15. The number of methoxy groups -OCH3 is 1. The summed E-state index contributed by atoms with van der Waals surface area (Å²) in [5, 5.41) is 2.63. The van der Waals surface area contributed by atoms with E-state index >= 15 is 0 Å². The Kier molecular flexibility index (Phi) is 8.64. The van der Waals surface area contributed by atoms with Crippen molar-refractivity contribution in [3.05, 3.63) is 28.2 Å². The summed E-state index contributed by atoms with van der Waals surface area (Å²) in [6.45, 7) is 1.39. The van der Waals surface area contributed by atoms with Gasteiger partial charge in [0, 0.05) is 5.02 Å². The number of carbonyl (C=O) groups excluding carboxylic acids is 2. The van der Waals surface area contributed by atoms with Gasteiger partial charge in [-0.3, -0.25) is 4.79 Å². The Balaban J connectivity index is 2.73. The molecule has 0 radical (unpaired) electrons. The normalized spacial score (nSPS) is 12.5. The van der Waals surface area contributed by atoms with Crippen molar-refractivity contribution in [1.82, 2.24) is 10.0 Å². The first-order valence-electron chi connectivity index (χ1n) is 7.53. The first-order valence-corrected chi connectivity index (χ1v) is 9.77. The zero-order chi connectivity index (χ0) is 19.0. The minimum Gasteiger partial charge on any atom is -0.467 e. The van der Waals surface area contributed by atoms with Crippen LogP contribution in [0.25, 0.3) is 0 Å². The van der Waals surface area contributed by atoms with E-state index in [1.807, 2.05) is 6.92 Å². The van der Waals surface area contributed by atoms with Crippen LogP contribution in [0, 0.1) is 0 Å². The van der Waals surface area contributed by atoms with Gasteiger partial charge in [-0.1, -0.05) is 43.0 Å². The van der Waals surface area contributed by atoms with E-state index in [1.165, 1.54) is 25.3 Å². The largest absolute Gasteiger partial charge is 0.467 e. The first kappa shape index (κ1) is 21.7. The quantitative estimate of drug-likeness (QED) is 0.607. The van der Waals surface area contributed by atoms with E-state index in [0.29, 0.717) is 12.8 Å². The van der Waals surface area contributed by atoms with Gasteiger partial charge in [-0.25, -0.2) is 17.9 Å². The molecular weight excluding hydrogens is 391 g/mol. The second-order valence-electron chi connectivity index (χ2n) is 5.18. The van der Waals surface area contributed by atoms with Crippen molar-refractivity contribution in [3.63, 3.8) is 0 Å². The fourth-order valence-corrected chi connectivity index (χ4v) is 3.71. The van der Waals surface area contributed by atoms with Crippen LogP contribution in [0.4, 0.5) is 0 Å². The molecule has 0 aliphatic rings. The third-order valence-corrected chi connectivity index (χ3v) is 5.39. The van der Waals surface area contributed by atoms with E-state index in [9.17, 15) is 18.0 Å². The van der Waals surface area contributed by atoms with Gasteiger partial charge in [0.1, 0.15) is 10.9 Å². The third-order valence-electron chi connectivity index (χ3n) is 3.27. The molecule has 25 heavy (non-hydrogen) atoms. The Labute approximate surface area is 157 Å². The molecule has 1 aromatic carbocycles. The van der Waals surface area contributed by atoms with Crippen LogP contribution in [0.15, 0.2) is 23.1 Å². The van der Waals surface area contributed by atoms with Crippen molar-refractivity contribution in [1.29, 1.82) is 0 Å². The summed E-state index contributed by atoms with van der Waals surface area (Å²) in [4.78, 5) is 23.4. The molecule has 1 unspecified atom stereocenters. The van der Waals surface area contributed by atoms with Gasteiger partial charge in [0.25, 0.3) is 0 Å². The minimum atomic E-state index is -4.03. The van der Waals surface area contributed by atoms with Crippen molar-refractivity contribution in [2.75, 3.05) is 13.7 Å². The average molecular weight is 411 g/mol. The monoisotopic (exact) mass is 410 g/mol. The van der Waals surface area contributed by atoms with Crippen LogP contribution < -0.4 is 10.0 Å². The average Bonchev–Trinajstić information content (AvgIpc) is 2.58. The van der Waals surface area contributed by atoms with Crippen LogP contribution in [0.5, 0.6) is 0 Å². The van der Waals surface area contributed by atoms with E-state index in [0.717, 1.165) is 6.42 Å². The Bertz CT molecular complexity index is 725. The number of sulfonamides is 1. The van der Waals surface area contributed by atoms with E-state index in [-0.39, 0.29) is 14.9 Å². The summed E-state index contributed by atoms with van der Waals surface area (Å²) >= 11 is 11.6. The van der Waals surface area contributed by atoms with Gasteiger partial charge in [-0.15, -0.1) is 0 Å². The number of carbonyl (C=O) groups is 2. The number of hydrogen-bond acceptors (Lipinski definition) is 5. The van der Waals surface area contributed by atoms with Crippen LogP contribution >= 0.6 is 23.2 Å². The second kappa shape index (κ2) is 9.96. The Morgan fingerprint density at radius 2 is 1.96 bits per heavy atom. The molecule has 0 aliphatic heterocycles. The van der Waals surface area contributed by atoms with Crippen LogP contribution in [-0.2, 0) is 24.3 Å². The molecule has 0 bridgehead atoms. The van der Waals surface area contributed by atoms with Crippen molar-refractivity contribution in [2.45, 2.75) is 37.1 Å². The highest BCUT2D eigenvalue weighted by Gasteiger charge is 2.23. The number of nitrogens with one attached hydrogen (secondary N) is 2. The molecule has 7 nitrogen and oxygen atoms in total. The van der Waals surface area contributed by atoms with Gasteiger partial charge in [0.05, 0.1) is 18.7 Å². The molecule has 140 valence electrons. The number of unbranched alkanes of at least 4 members (excludes halogenated alkanes) is 1. The topological polar surface area (TPSA) is 102 Å². The minimum absolute atomic E-state index is 0.0207. The standard InChI is InChI=1S/C15H20Cl2N2O5S/c1-3-4-5-12(15(21)24-2)19-14(20)9-18-25(22,23)13-8-10(16)6-7-11(13)17/h6-8,12,18H,3-5,9H2,1-2H3,(H,19,20). The SMILES string of the molecule is CCCCC(NC(=O)CNS(=O)(=O)c1cc(Cl)ccc1Cl)C(=O)OC. The molecule has 0 saturated heterocycles. The highest BCUT2D eigenvalue weighted by atomic mass is 35.5. The number of ether oxygens (including phenoxy) is 1. The molecule has 1 amide bonds. The number of rotatable bonds is 9. The predicted octanol–water partition coefficient (Wildman–Crippen LogP) is 2.12. The maximum absolute atomic E-state index is 12.2. The number of amides is 1. The molecule has 10 heteroatoms. The summed E-state index contributed by atoms with van der Waals surface area (Å²) in [5.41, 5.74) is 0. The van der Waals surface area contributed by atoms with Gasteiger partial charge in [-0.05, 0) is 24.6 Å². The molecule has 0 heterocycles. The fraction of sp³-hybridized carbons (Fsp3) is 0.467. The maximum atomic E-state index is 12.2. The highest BCUT2D eigenvalue weighted by Crippen LogP contribution is 2.24.